The number of alkyl halides is 3. The van der Waals surface area contributed by atoms with Gasteiger partial charge in [-0.3, -0.25) is 0 Å². The lowest BCUT2D eigenvalue weighted by Gasteiger charge is -2.13. The lowest BCUT2D eigenvalue weighted by atomic mass is 10.1. The summed E-state index contributed by atoms with van der Waals surface area (Å²) < 4.78 is 34.9. The molecular formula is C9H19F3O. The number of hydrogen-bond donors (Lipinski definition) is 1. The molecule has 0 heterocycles. The number of halogens is 3. The highest BCUT2D eigenvalue weighted by Crippen LogP contribution is 2.23. The number of unbranched alkanes of at least 4 members (excludes halogenated alkanes) is 2. The molecule has 0 saturated heterocycles. The molecule has 0 radical (unpaired) electrons. The van der Waals surface area contributed by atoms with Gasteiger partial charge in [0.05, 0.1) is 0 Å². The standard InChI is InChI=1S/C7H13F3O.C2H6/c1-2-3-4-5-6(11)7(8,9)10;1-2/h6,11H,2-5H2,1H3;1-2H3. The van der Waals surface area contributed by atoms with Gasteiger partial charge in [0, 0.05) is 0 Å². The topological polar surface area (TPSA) is 20.2 Å². The van der Waals surface area contributed by atoms with Crippen LogP contribution in [0.4, 0.5) is 13.2 Å². The second-order valence-corrected chi connectivity index (χ2v) is 2.55. The fourth-order valence-electron chi connectivity index (χ4n) is 0.751. The Morgan fingerprint density at radius 1 is 1.15 bits per heavy atom. The fraction of sp³-hybridized carbons (Fsp3) is 1.00. The molecule has 0 saturated carbocycles. The third kappa shape index (κ3) is 9.67. The van der Waals surface area contributed by atoms with E-state index >= 15 is 0 Å². The Morgan fingerprint density at radius 3 is 1.92 bits per heavy atom. The van der Waals surface area contributed by atoms with Crippen LogP contribution in [0.15, 0.2) is 0 Å². The van der Waals surface area contributed by atoms with E-state index in [0.29, 0.717) is 6.42 Å². The van der Waals surface area contributed by atoms with Gasteiger partial charge in [0.15, 0.2) is 0 Å². The highest BCUT2D eigenvalue weighted by molar-refractivity contribution is 4.64. The first kappa shape index (κ1) is 15.2. The van der Waals surface area contributed by atoms with E-state index in [-0.39, 0.29) is 6.42 Å². The lowest BCUT2D eigenvalue weighted by molar-refractivity contribution is -0.205. The fourth-order valence-corrected chi connectivity index (χ4v) is 0.751. The Kier molecular flexibility index (Phi) is 9.79. The monoisotopic (exact) mass is 200 g/mol. The minimum atomic E-state index is -4.44. The number of rotatable bonds is 4. The van der Waals surface area contributed by atoms with Gasteiger partial charge >= 0.3 is 6.18 Å². The first-order valence-electron chi connectivity index (χ1n) is 4.73. The Morgan fingerprint density at radius 2 is 1.62 bits per heavy atom. The Hall–Kier alpha value is -0.250. The van der Waals surface area contributed by atoms with Gasteiger partial charge in [0.1, 0.15) is 6.10 Å². The molecule has 0 aromatic heterocycles. The Balaban J connectivity index is 0. The van der Waals surface area contributed by atoms with Gasteiger partial charge in [-0.15, -0.1) is 0 Å². The van der Waals surface area contributed by atoms with Crippen molar-refractivity contribution in [2.24, 2.45) is 0 Å². The van der Waals surface area contributed by atoms with Crippen LogP contribution in [0.5, 0.6) is 0 Å². The molecule has 1 N–H and O–H groups in total. The highest BCUT2D eigenvalue weighted by Gasteiger charge is 2.37. The van der Waals surface area contributed by atoms with Crippen LogP contribution in [0.1, 0.15) is 46.5 Å². The maximum atomic E-state index is 11.6. The Bertz CT molecular complexity index is 102. The van der Waals surface area contributed by atoms with Crippen LogP contribution in [-0.2, 0) is 0 Å². The zero-order valence-corrected chi connectivity index (χ0v) is 8.49. The van der Waals surface area contributed by atoms with Gasteiger partial charge < -0.3 is 5.11 Å². The summed E-state index contributed by atoms with van der Waals surface area (Å²) in [5, 5.41) is 8.49. The quantitative estimate of drug-likeness (QED) is 0.688. The summed E-state index contributed by atoms with van der Waals surface area (Å²) in [6, 6.07) is 0. The van der Waals surface area contributed by atoms with E-state index in [4.69, 9.17) is 5.11 Å². The minimum absolute atomic E-state index is 0.169. The van der Waals surface area contributed by atoms with E-state index in [1.54, 1.807) is 0 Å². The summed E-state index contributed by atoms with van der Waals surface area (Å²) in [7, 11) is 0. The molecule has 0 aliphatic carbocycles. The predicted octanol–water partition coefficient (Wildman–Crippen LogP) is 3.52. The predicted molar refractivity (Wildman–Crippen MR) is 47.6 cm³/mol. The molecule has 0 aliphatic heterocycles. The van der Waals surface area contributed by atoms with Gasteiger partial charge in [-0.1, -0.05) is 40.0 Å². The third-order valence-electron chi connectivity index (χ3n) is 1.46. The summed E-state index contributed by atoms with van der Waals surface area (Å²) in [5.41, 5.74) is 0. The second kappa shape index (κ2) is 8.35. The summed E-state index contributed by atoms with van der Waals surface area (Å²) in [4.78, 5) is 0. The maximum Gasteiger partial charge on any atom is 0.414 e. The summed E-state index contributed by atoms with van der Waals surface area (Å²) in [6.45, 7) is 5.90. The molecule has 4 heteroatoms. The average molecular weight is 200 g/mol. The normalized spacial score (nSPS) is 13.2. The van der Waals surface area contributed by atoms with Crippen molar-refractivity contribution >= 4 is 0 Å². The van der Waals surface area contributed by atoms with E-state index in [1.807, 2.05) is 20.8 Å². The van der Waals surface area contributed by atoms with Crippen LogP contribution >= 0.6 is 0 Å². The smallest absolute Gasteiger partial charge is 0.384 e. The van der Waals surface area contributed by atoms with Gasteiger partial charge in [0.2, 0.25) is 0 Å². The van der Waals surface area contributed by atoms with Crippen LogP contribution in [0.3, 0.4) is 0 Å². The minimum Gasteiger partial charge on any atom is -0.384 e. The van der Waals surface area contributed by atoms with E-state index < -0.39 is 12.3 Å². The molecule has 82 valence electrons. The molecule has 13 heavy (non-hydrogen) atoms. The zero-order chi connectivity index (χ0) is 10.9. The number of hydrogen-bond acceptors (Lipinski definition) is 1. The van der Waals surface area contributed by atoms with Gasteiger partial charge in [-0.2, -0.15) is 13.2 Å². The van der Waals surface area contributed by atoms with Crippen molar-refractivity contribution in [1.82, 2.24) is 0 Å². The molecule has 0 aliphatic rings. The SMILES string of the molecule is CC.CCCCCC(O)C(F)(F)F. The van der Waals surface area contributed by atoms with Crippen molar-refractivity contribution < 1.29 is 18.3 Å². The molecular weight excluding hydrogens is 181 g/mol. The van der Waals surface area contributed by atoms with E-state index in [2.05, 4.69) is 0 Å². The number of aliphatic hydroxyl groups excluding tert-OH is 1. The van der Waals surface area contributed by atoms with Gasteiger partial charge in [0.25, 0.3) is 0 Å². The first-order valence-corrected chi connectivity index (χ1v) is 4.73. The molecule has 0 spiro atoms. The molecule has 0 aromatic carbocycles. The van der Waals surface area contributed by atoms with Crippen LogP contribution in [0.25, 0.3) is 0 Å². The van der Waals surface area contributed by atoms with Crippen LogP contribution in [-0.4, -0.2) is 17.4 Å². The molecule has 0 rings (SSSR count). The maximum absolute atomic E-state index is 11.6. The molecule has 0 fully saturated rings. The summed E-state index contributed by atoms with van der Waals surface area (Å²) in [6.07, 6.45) is -4.69. The molecule has 0 aromatic rings. The average Bonchev–Trinajstić information content (AvgIpc) is 2.07. The number of aliphatic hydroxyl groups is 1. The lowest BCUT2D eigenvalue weighted by Crippen LogP contribution is -2.28. The largest absolute Gasteiger partial charge is 0.414 e. The van der Waals surface area contributed by atoms with Crippen molar-refractivity contribution in [2.75, 3.05) is 0 Å². The third-order valence-corrected chi connectivity index (χ3v) is 1.46. The Labute approximate surface area is 78.0 Å². The van der Waals surface area contributed by atoms with Gasteiger partial charge in [-0.05, 0) is 6.42 Å². The summed E-state index contributed by atoms with van der Waals surface area (Å²) in [5.74, 6) is 0. The van der Waals surface area contributed by atoms with Crippen LogP contribution < -0.4 is 0 Å². The molecule has 0 bridgehead atoms. The van der Waals surface area contributed by atoms with Crippen LogP contribution in [0, 0.1) is 0 Å². The molecule has 1 atom stereocenters. The van der Waals surface area contributed by atoms with E-state index in [9.17, 15) is 13.2 Å². The first-order chi connectivity index (χ1) is 5.98. The van der Waals surface area contributed by atoms with Gasteiger partial charge in [-0.25, -0.2) is 0 Å². The molecule has 1 unspecified atom stereocenters. The van der Waals surface area contributed by atoms with Crippen molar-refractivity contribution in [3.8, 4) is 0 Å². The summed E-state index contributed by atoms with van der Waals surface area (Å²) >= 11 is 0. The highest BCUT2D eigenvalue weighted by atomic mass is 19.4. The second-order valence-electron chi connectivity index (χ2n) is 2.55. The van der Waals surface area contributed by atoms with Crippen LogP contribution in [0.2, 0.25) is 0 Å². The van der Waals surface area contributed by atoms with Crippen molar-refractivity contribution in [3.63, 3.8) is 0 Å². The van der Waals surface area contributed by atoms with Crippen molar-refractivity contribution in [1.29, 1.82) is 0 Å². The van der Waals surface area contributed by atoms with E-state index in [0.717, 1.165) is 12.8 Å². The van der Waals surface area contributed by atoms with Crippen molar-refractivity contribution in [2.45, 2.75) is 58.7 Å². The van der Waals surface area contributed by atoms with E-state index in [1.165, 1.54) is 0 Å². The van der Waals surface area contributed by atoms with Crippen molar-refractivity contribution in [3.05, 3.63) is 0 Å². The molecule has 1 nitrogen and oxygen atoms in total. The zero-order valence-electron chi connectivity index (χ0n) is 8.49. The molecule has 0 amide bonds.